The number of amides is 1. The molecule has 0 spiro atoms. The predicted octanol–water partition coefficient (Wildman–Crippen LogP) is 1.83. The number of carboxylic acids is 1. The molecule has 1 saturated heterocycles. The van der Waals surface area contributed by atoms with Gasteiger partial charge in [-0.05, 0) is 25.3 Å². The Morgan fingerprint density at radius 3 is 2.06 bits per heavy atom. The van der Waals surface area contributed by atoms with Gasteiger partial charge < -0.3 is 10.0 Å². The van der Waals surface area contributed by atoms with Crippen molar-refractivity contribution in [2.45, 2.75) is 25.7 Å². The number of rotatable bonds is 3. The summed E-state index contributed by atoms with van der Waals surface area (Å²) in [7, 11) is 0. The first kappa shape index (κ1) is 14.4. The van der Waals surface area contributed by atoms with Crippen LogP contribution in [0, 0.1) is 0 Å². The highest BCUT2D eigenvalue weighted by Crippen LogP contribution is 2.08. The van der Waals surface area contributed by atoms with Crippen LogP contribution in [0.1, 0.15) is 25.7 Å². The van der Waals surface area contributed by atoms with Crippen molar-refractivity contribution in [1.82, 2.24) is 4.90 Å². The SMILES string of the molecule is C=CC(=O)N1CCCCC1.C=CCC(=O)O. The summed E-state index contributed by atoms with van der Waals surface area (Å²) in [4.78, 5) is 22.4. The lowest BCUT2D eigenvalue weighted by molar-refractivity contribution is -0.136. The lowest BCUT2D eigenvalue weighted by atomic mass is 10.1. The van der Waals surface area contributed by atoms with Gasteiger partial charge in [0, 0.05) is 13.1 Å². The van der Waals surface area contributed by atoms with E-state index in [0.29, 0.717) is 0 Å². The minimum Gasteiger partial charge on any atom is -0.481 e. The number of nitrogens with zero attached hydrogens (tertiary/aromatic N) is 1. The predicted molar refractivity (Wildman–Crippen MR) is 63.1 cm³/mol. The van der Waals surface area contributed by atoms with Crippen LogP contribution in [0.25, 0.3) is 0 Å². The molecule has 0 aromatic rings. The third kappa shape index (κ3) is 6.81. The number of hydrogen-bond acceptors (Lipinski definition) is 2. The fraction of sp³-hybridized carbons (Fsp3) is 0.500. The molecule has 0 bridgehead atoms. The van der Waals surface area contributed by atoms with Gasteiger partial charge in [0.1, 0.15) is 0 Å². The third-order valence-corrected chi connectivity index (χ3v) is 2.16. The van der Waals surface area contributed by atoms with Gasteiger partial charge in [-0.15, -0.1) is 6.58 Å². The number of carbonyl (C=O) groups excluding carboxylic acids is 1. The zero-order chi connectivity index (χ0) is 12.4. The van der Waals surface area contributed by atoms with E-state index in [4.69, 9.17) is 5.11 Å². The third-order valence-electron chi connectivity index (χ3n) is 2.16. The first-order chi connectivity index (χ1) is 7.61. The zero-order valence-electron chi connectivity index (χ0n) is 9.52. The molecule has 1 rings (SSSR count). The van der Waals surface area contributed by atoms with Crippen molar-refractivity contribution in [3.05, 3.63) is 25.3 Å². The van der Waals surface area contributed by atoms with Crippen LogP contribution in [0.15, 0.2) is 25.3 Å². The topological polar surface area (TPSA) is 57.6 Å². The minimum absolute atomic E-state index is 0.0556. The van der Waals surface area contributed by atoms with Crippen LogP contribution >= 0.6 is 0 Å². The quantitative estimate of drug-likeness (QED) is 0.589. The summed E-state index contributed by atoms with van der Waals surface area (Å²) in [5.74, 6) is -0.746. The van der Waals surface area contributed by atoms with E-state index < -0.39 is 5.97 Å². The Bertz CT molecular complexity index is 255. The highest BCUT2D eigenvalue weighted by molar-refractivity contribution is 5.87. The van der Waals surface area contributed by atoms with E-state index in [2.05, 4.69) is 13.2 Å². The van der Waals surface area contributed by atoms with Crippen molar-refractivity contribution in [3.8, 4) is 0 Å². The van der Waals surface area contributed by atoms with Crippen molar-refractivity contribution in [1.29, 1.82) is 0 Å². The second-order valence-electron chi connectivity index (χ2n) is 3.48. The van der Waals surface area contributed by atoms with Crippen molar-refractivity contribution < 1.29 is 14.7 Å². The molecule has 4 nitrogen and oxygen atoms in total. The molecule has 0 saturated carbocycles. The Labute approximate surface area is 96.3 Å². The van der Waals surface area contributed by atoms with Crippen LogP contribution < -0.4 is 0 Å². The summed E-state index contributed by atoms with van der Waals surface area (Å²) in [6.07, 6.45) is 6.37. The highest BCUT2D eigenvalue weighted by Gasteiger charge is 2.12. The summed E-state index contributed by atoms with van der Waals surface area (Å²) >= 11 is 0. The second kappa shape index (κ2) is 8.71. The molecule has 4 heteroatoms. The maximum Gasteiger partial charge on any atom is 0.307 e. The molecular formula is C12H19NO3. The minimum atomic E-state index is -0.829. The lowest BCUT2D eigenvalue weighted by Crippen LogP contribution is -2.34. The van der Waals surface area contributed by atoms with Crippen LogP contribution in [0.3, 0.4) is 0 Å². The standard InChI is InChI=1S/C8H13NO.C4H6O2/c1-2-8(10)9-6-4-3-5-7-9;1-2-3-4(5)6/h2H,1,3-7H2;2H,1,3H2,(H,5,6). The molecule has 1 aliphatic heterocycles. The molecule has 90 valence electrons. The van der Waals surface area contributed by atoms with Gasteiger partial charge >= 0.3 is 5.97 Å². The molecule has 16 heavy (non-hydrogen) atoms. The number of aliphatic carboxylic acids is 1. The van der Waals surface area contributed by atoms with Crippen molar-refractivity contribution in [2.24, 2.45) is 0 Å². The number of carboxylic acid groups (broad SMARTS) is 1. The first-order valence-electron chi connectivity index (χ1n) is 5.35. The van der Waals surface area contributed by atoms with E-state index in [1.165, 1.54) is 18.6 Å². The molecule has 1 fully saturated rings. The Hall–Kier alpha value is -1.58. The van der Waals surface area contributed by atoms with Crippen LogP contribution in [0.2, 0.25) is 0 Å². The summed E-state index contributed by atoms with van der Waals surface area (Å²) in [5.41, 5.74) is 0. The fourth-order valence-corrected chi connectivity index (χ4v) is 1.37. The van der Waals surface area contributed by atoms with Gasteiger partial charge in [0.2, 0.25) is 5.91 Å². The van der Waals surface area contributed by atoms with Gasteiger partial charge in [-0.2, -0.15) is 0 Å². The molecule has 1 N–H and O–H groups in total. The number of piperidine rings is 1. The average molecular weight is 225 g/mol. The molecule has 1 amide bonds. The number of carbonyl (C=O) groups is 2. The zero-order valence-corrected chi connectivity index (χ0v) is 9.52. The van der Waals surface area contributed by atoms with Crippen LogP contribution in [-0.2, 0) is 9.59 Å². The Kier molecular flexibility index (Phi) is 7.85. The van der Waals surface area contributed by atoms with E-state index in [1.807, 2.05) is 4.90 Å². The number of hydrogen-bond donors (Lipinski definition) is 1. The molecule has 0 aromatic heterocycles. The largest absolute Gasteiger partial charge is 0.481 e. The molecule has 0 radical (unpaired) electrons. The normalized spacial score (nSPS) is 14.4. The van der Waals surface area contributed by atoms with Crippen molar-refractivity contribution in [2.75, 3.05) is 13.1 Å². The monoisotopic (exact) mass is 225 g/mol. The van der Waals surface area contributed by atoms with Gasteiger partial charge in [-0.25, -0.2) is 0 Å². The van der Waals surface area contributed by atoms with Gasteiger partial charge in [0.15, 0.2) is 0 Å². The van der Waals surface area contributed by atoms with Crippen LogP contribution in [0.5, 0.6) is 0 Å². The first-order valence-corrected chi connectivity index (χ1v) is 5.35. The van der Waals surface area contributed by atoms with E-state index in [0.717, 1.165) is 25.9 Å². The van der Waals surface area contributed by atoms with E-state index in [1.54, 1.807) is 0 Å². The Balaban J connectivity index is 0.000000325. The Morgan fingerprint density at radius 2 is 1.75 bits per heavy atom. The maximum atomic E-state index is 11.0. The fourth-order valence-electron chi connectivity index (χ4n) is 1.37. The molecule has 1 aliphatic rings. The number of likely N-dealkylation sites (tertiary alicyclic amines) is 1. The summed E-state index contributed by atoms with van der Waals surface area (Å²) in [6.45, 7) is 8.51. The van der Waals surface area contributed by atoms with Crippen molar-refractivity contribution >= 4 is 11.9 Å². The molecular weight excluding hydrogens is 206 g/mol. The van der Waals surface area contributed by atoms with E-state index in [-0.39, 0.29) is 12.3 Å². The Morgan fingerprint density at radius 1 is 1.19 bits per heavy atom. The van der Waals surface area contributed by atoms with E-state index in [9.17, 15) is 9.59 Å². The molecule has 0 aromatic carbocycles. The van der Waals surface area contributed by atoms with Gasteiger partial charge in [0.05, 0.1) is 6.42 Å². The van der Waals surface area contributed by atoms with Crippen LogP contribution in [-0.4, -0.2) is 35.0 Å². The van der Waals surface area contributed by atoms with Gasteiger partial charge in [0.25, 0.3) is 0 Å². The smallest absolute Gasteiger partial charge is 0.307 e. The molecule has 0 aliphatic carbocycles. The summed E-state index contributed by atoms with van der Waals surface area (Å²) in [5, 5.41) is 7.84. The van der Waals surface area contributed by atoms with Gasteiger partial charge in [-0.1, -0.05) is 12.7 Å². The molecule has 1 heterocycles. The average Bonchev–Trinajstić information content (AvgIpc) is 2.30. The van der Waals surface area contributed by atoms with Crippen LogP contribution in [0.4, 0.5) is 0 Å². The summed E-state index contributed by atoms with van der Waals surface area (Å²) in [6, 6.07) is 0. The molecule has 0 unspecified atom stereocenters. The lowest BCUT2D eigenvalue weighted by Gasteiger charge is -2.25. The van der Waals surface area contributed by atoms with E-state index >= 15 is 0 Å². The maximum absolute atomic E-state index is 11.0. The summed E-state index contributed by atoms with van der Waals surface area (Å²) < 4.78 is 0. The highest BCUT2D eigenvalue weighted by atomic mass is 16.4. The van der Waals surface area contributed by atoms with Crippen molar-refractivity contribution in [3.63, 3.8) is 0 Å². The van der Waals surface area contributed by atoms with Gasteiger partial charge in [-0.3, -0.25) is 9.59 Å². The second-order valence-corrected chi connectivity index (χ2v) is 3.48. The molecule has 0 atom stereocenters.